The minimum Gasteiger partial charge on any atom is -0.355 e. The standard InChI is InChI=1S/C11H13F3N2O3S/c12-11(13,14)20(17,18)19-10-4-3-9(7-16-10)8-2-1-5-15-6-8/h3-4,7-8,15H,1-2,5-6H2. The molecule has 2 rings (SSSR count). The Morgan fingerprint density at radius 2 is 2.10 bits per heavy atom. The molecule has 0 bridgehead atoms. The van der Waals surface area contributed by atoms with Gasteiger partial charge in [0, 0.05) is 18.8 Å². The third-order valence-electron chi connectivity index (χ3n) is 3.01. The fourth-order valence-electron chi connectivity index (χ4n) is 1.98. The zero-order valence-corrected chi connectivity index (χ0v) is 11.2. The number of aromatic nitrogens is 1. The van der Waals surface area contributed by atoms with E-state index in [0.717, 1.165) is 37.6 Å². The van der Waals surface area contributed by atoms with Gasteiger partial charge in [-0.3, -0.25) is 0 Å². The number of hydrogen-bond acceptors (Lipinski definition) is 5. The van der Waals surface area contributed by atoms with Crippen molar-refractivity contribution in [2.75, 3.05) is 13.1 Å². The van der Waals surface area contributed by atoms with Gasteiger partial charge in [0.15, 0.2) is 0 Å². The highest BCUT2D eigenvalue weighted by Crippen LogP contribution is 2.27. The molecule has 1 saturated heterocycles. The Morgan fingerprint density at radius 3 is 2.60 bits per heavy atom. The molecule has 0 aromatic carbocycles. The number of nitrogens with zero attached hydrogens (tertiary/aromatic N) is 1. The van der Waals surface area contributed by atoms with E-state index in [9.17, 15) is 21.6 Å². The first-order valence-corrected chi connectivity index (χ1v) is 7.38. The number of piperidine rings is 1. The number of halogens is 3. The van der Waals surface area contributed by atoms with Crippen LogP contribution in [0.4, 0.5) is 13.2 Å². The Balaban J connectivity index is 2.09. The molecule has 0 spiro atoms. The molecular weight excluding hydrogens is 297 g/mol. The molecule has 1 N–H and O–H groups in total. The molecule has 0 amide bonds. The fourth-order valence-corrected chi connectivity index (χ4v) is 2.40. The highest BCUT2D eigenvalue weighted by Gasteiger charge is 2.48. The second-order valence-electron chi connectivity index (χ2n) is 4.46. The van der Waals surface area contributed by atoms with E-state index in [1.807, 2.05) is 0 Å². The average molecular weight is 310 g/mol. The van der Waals surface area contributed by atoms with Crippen LogP contribution in [0.25, 0.3) is 0 Å². The molecule has 20 heavy (non-hydrogen) atoms. The van der Waals surface area contributed by atoms with Crippen molar-refractivity contribution in [1.29, 1.82) is 0 Å². The maximum absolute atomic E-state index is 12.1. The van der Waals surface area contributed by atoms with E-state index >= 15 is 0 Å². The zero-order chi connectivity index (χ0) is 14.8. The van der Waals surface area contributed by atoms with Crippen molar-refractivity contribution in [3.63, 3.8) is 0 Å². The molecule has 112 valence electrons. The van der Waals surface area contributed by atoms with Gasteiger partial charge in [-0.15, -0.1) is 0 Å². The van der Waals surface area contributed by atoms with Gasteiger partial charge in [-0.1, -0.05) is 6.07 Å². The summed E-state index contributed by atoms with van der Waals surface area (Å²) >= 11 is 0. The molecule has 0 radical (unpaired) electrons. The van der Waals surface area contributed by atoms with E-state index in [0.29, 0.717) is 0 Å². The van der Waals surface area contributed by atoms with Gasteiger partial charge in [-0.05, 0) is 30.9 Å². The predicted molar refractivity (Wildman–Crippen MR) is 64.7 cm³/mol. The highest BCUT2D eigenvalue weighted by molar-refractivity contribution is 7.87. The maximum atomic E-state index is 12.1. The van der Waals surface area contributed by atoms with Crippen LogP contribution in [-0.4, -0.2) is 32.0 Å². The number of nitrogens with one attached hydrogen (secondary N) is 1. The van der Waals surface area contributed by atoms with Crippen molar-refractivity contribution in [2.24, 2.45) is 0 Å². The molecule has 1 aliphatic heterocycles. The second kappa shape index (κ2) is 5.57. The Kier molecular flexibility index (Phi) is 4.19. The Bertz CT molecular complexity index is 551. The quantitative estimate of drug-likeness (QED) is 0.681. The second-order valence-corrected chi connectivity index (χ2v) is 5.99. The van der Waals surface area contributed by atoms with Gasteiger partial charge in [-0.2, -0.15) is 21.6 Å². The lowest BCUT2D eigenvalue weighted by Crippen LogP contribution is -2.29. The number of rotatable bonds is 3. The minimum atomic E-state index is -5.66. The molecular formula is C11H13F3N2O3S. The van der Waals surface area contributed by atoms with Crippen LogP contribution in [0, 0.1) is 0 Å². The lowest BCUT2D eigenvalue weighted by atomic mass is 9.93. The van der Waals surface area contributed by atoms with Crippen LogP contribution in [-0.2, 0) is 10.1 Å². The third kappa shape index (κ3) is 3.40. The molecule has 1 aromatic heterocycles. The number of hydrogen-bond donors (Lipinski definition) is 1. The summed E-state index contributed by atoms with van der Waals surface area (Å²) in [7, 11) is -5.66. The molecule has 1 aliphatic rings. The van der Waals surface area contributed by atoms with Gasteiger partial charge in [0.1, 0.15) is 0 Å². The summed E-state index contributed by atoms with van der Waals surface area (Å²) in [4.78, 5) is 3.62. The van der Waals surface area contributed by atoms with Crippen LogP contribution in [0.15, 0.2) is 18.3 Å². The Morgan fingerprint density at radius 1 is 1.35 bits per heavy atom. The summed E-state index contributed by atoms with van der Waals surface area (Å²) in [5.41, 5.74) is -4.62. The van der Waals surface area contributed by atoms with Crippen LogP contribution < -0.4 is 9.50 Å². The number of alkyl halides is 3. The normalized spacial score (nSPS) is 20.6. The van der Waals surface area contributed by atoms with Crippen molar-refractivity contribution in [2.45, 2.75) is 24.3 Å². The van der Waals surface area contributed by atoms with E-state index in [4.69, 9.17) is 0 Å². The van der Waals surface area contributed by atoms with Crippen molar-refractivity contribution in [3.8, 4) is 5.88 Å². The summed E-state index contributed by atoms with van der Waals surface area (Å²) in [6.07, 6.45) is 3.31. The summed E-state index contributed by atoms with van der Waals surface area (Å²) in [6.45, 7) is 1.71. The molecule has 2 heterocycles. The van der Waals surface area contributed by atoms with E-state index in [1.54, 1.807) is 0 Å². The lowest BCUT2D eigenvalue weighted by Gasteiger charge is -2.22. The van der Waals surface area contributed by atoms with Crippen molar-refractivity contribution in [1.82, 2.24) is 10.3 Å². The van der Waals surface area contributed by atoms with Gasteiger partial charge in [-0.25, -0.2) is 4.98 Å². The molecule has 1 unspecified atom stereocenters. The largest absolute Gasteiger partial charge is 0.534 e. The summed E-state index contributed by atoms with van der Waals surface area (Å²) < 4.78 is 62.0. The fraction of sp³-hybridized carbons (Fsp3) is 0.545. The van der Waals surface area contributed by atoms with Crippen LogP contribution in [0.2, 0.25) is 0 Å². The first-order valence-electron chi connectivity index (χ1n) is 5.97. The topological polar surface area (TPSA) is 68.3 Å². The third-order valence-corrected chi connectivity index (χ3v) is 3.96. The Hall–Kier alpha value is -1.35. The van der Waals surface area contributed by atoms with Crippen LogP contribution >= 0.6 is 0 Å². The maximum Gasteiger partial charge on any atom is 0.534 e. The molecule has 5 nitrogen and oxygen atoms in total. The summed E-state index contributed by atoms with van der Waals surface area (Å²) in [5, 5.41) is 3.20. The van der Waals surface area contributed by atoms with Gasteiger partial charge < -0.3 is 9.50 Å². The monoisotopic (exact) mass is 310 g/mol. The summed E-state index contributed by atoms with van der Waals surface area (Å²) in [6, 6.07) is 2.67. The minimum absolute atomic E-state index is 0.226. The lowest BCUT2D eigenvalue weighted by molar-refractivity contribution is -0.0501. The average Bonchev–Trinajstić information content (AvgIpc) is 2.39. The number of pyridine rings is 1. The van der Waals surface area contributed by atoms with Gasteiger partial charge in [0.2, 0.25) is 5.88 Å². The van der Waals surface area contributed by atoms with Crippen LogP contribution in [0.3, 0.4) is 0 Å². The van der Waals surface area contributed by atoms with Gasteiger partial charge in [0.05, 0.1) is 0 Å². The van der Waals surface area contributed by atoms with E-state index in [2.05, 4.69) is 14.5 Å². The Labute approximate surface area is 114 Å². The first kappa shape index (κ1) is 15.0. The molecule has 0 saturated carbocycles. The summed E-state index contributed by atoms with van der Waals surface area (Å²) in [5.74, 6) is -0.362. The molecule has 1 aromatic rings. The SMILES string of the molecule is O=S(=O)(Oc1ccc(C2CCCNC2)cn1)C(F)(F)F. The van der Waals surface area contributed by atoms with E-state index < -0.39 is 21.5 Å². The van der Waals surface area contributed by atoms with Crippen LogP contribution in [0.5, 0.6) is 5.88 Å². The predicted octanol–water partition coefficient (Wildman–Crippen LogP) is 1.78. The van der Waals surface area contributed by atoms with Crippen LogP contribution in [0.1, 0.15) is 24.3 Å². The van der Waals surface area contributed by atoms with Gasteiger partial charge >= 0.3 is 15.6 Å². The molecule has 9 heteroatoms. The van der Waals surface area contributed by atoms with Crippen molar-refractivity contribution >= 4 is 10.1 Å². The zero-order valence-electron chi connectivity index (χ0n) is 10.4. The molecule has 1 fully saturated rings. The van der Waals surface area contributed by atoms with Gasteiger partial charge in [0.25, 0.3) is 0 Å². The first-order chi connectivity index (χ1) is 9.29. The van der Waals surface area contributed by atoms with Crippen molar-refractivity contribution in [3.05, 3.63) is 23.9 Å². The van der Waals surface area contributed by atoms with E-state index in [1.165, 1.54) is 12.3 Å². The highest BCUT2D eigenvalue weighted by atomic mass is 32.2. The van der Waals surface area contributed by atoms with E-state index in [-0.39, 0.29) is 5.92 Å². The smallest absolute Gasteiger partial charge is 0.355 e. The molecule has 1 atom stereocenters. The molecule has 0 aliphatic carbocycles. The van der Waals surface area contributed by atoms with Crippen molar-refractivity contribution < 1.29 is 25.8 Å².